The Hall–Kier alpha value is -2.82. The molecule has 2 atom stereocenters. The van der Waals surface area contributed by atoms with Gasteiger partial charge in [0, 0.05) is 12.7 Å². The van der Waals surface area contributed by atoms with Crippen molar-refractivity contribution >= 4 is 17.5 Å². The SMILES string of the molecule is CC(=O)C1C(=O)C(=O)N(CCc2ccccc2)C1c1ccccn1. The summed E-state index contributed by atoms with van der Waals surface area (Å²) in [4.78, 5) is 42.5. The zero-order chi connectivity index (χ0) is 17.1. The number of hydrogen-bond donors (Lipinski definition) is 0. The lowest BCUT2D eigenvalue weighted by Crippen LogP contribution is -2.32. The van der Waals surface area contributed by atoms with Gasteiger partial charge in [0.15, 0.2) is 0 Å². The summed E-state index contributed by atoms with van der Waals surface area (Å²) < 4.78 is 0. The Bertz CT molecular complexity index is 759. The zero-order valence-corrected chi connectivity index (χ0v) is 13.4. The molecule has 0 bridgehead atoms. The molecule has 1 amide bonds. The molecule has 24 heavy (non-hydrogen) atoms. The van der Waals surface area contributed by atoms with E-state index in [1.54, 1.807) is 24.4 Å². The van der Waals surface area contributed by atoms with E-state index in [1.165, 1.54) is 11.8 Å². The predicted octanol–water partition coefficient (Wildman–Crippen LogP) is 1.98. The summed E-state index contributed by atoms with van der Waals surface area (Å²) in [6, 6.07) is 14.4. The largest absolute Gasteiger partial charge is 0.326 e. The van der Waals surface area contributed by atoms with Gasteiger partial charge < -0.3 is 4.90 Å². The van der Waals surface area contributed by atoms with Crippen LogP contribution in [-0.4, -0.2) is 33.9 Å². The third-order valence-electron chi connectivity index (χ3n) is 4.32. The van der Waals surface area contributed by atoms with Gasteiger partial charge in [0.05, 0.1) is 11.7 Å². The van der Waals surface area contributed by atoms with Crippen LogP contribution < -0.4 is 0 Å². The van der Waals surface area contributed by atoms with Gasteiger partial charge in [-0.1, -0.05) is 36.4 Å². The van der Waals surface area contributed by atoms with Gasteiger partial charge in [-0.25, -0.2) is 0 Å². The van der Waals surface area contributed by atoms with Gasteiger partial charge >= 0.3 is 0 Å². The molecule has 0 aliphatic carbocycles. The molecule has 1 saturated heterocycles. The Labute approximate surface area is 140 Å². The molecular weight excluding hydrogens is 304 g/mol. The minimum atomic E-state index is -0.969. The molecule has 2 aromatic rings. The van der Waals surface area contributed by atoms with Crippen LogP contribution in [0, 0.1) is 5.92 Å². The average molecular weight is 322 g/mol. The van der Waals surface area contributed by atoms with Gasteiger partial charge in [0.2, 0.25) is 5.78 Å². The summed E-state index contributed by atoms with van der Waals surface area (Å²) in [5, 5.41) is 0. The number of Topliss-reactive ketones (excluding diaryl/α,β-unsaturated/α-hetero) is 2. The zero-order valence-electron chi connectivity index (χ0n) is 13.4. The topological polar surface area (TPSA) is 67.3 Å². The standard InChI is InChI=1S/C19H18N2O3/c1-13(22)16-17(15-9-5-6-11-20-15)21(19(24)18(16)23)12-10-14-7-3-2-4-8-14/h2-9,11,16-17H,10,12H2,1H3. The minimum Gasteiger partial charge on any atom is -0.326 e. The van der Waals surface area contributed by atoms with Crippen molar-refractivity contribution in [3.63, 3.8) is 0 Å². The number of pyridine rings is 1. The lowest BCUT2D eigenvalue weighted by Gasteiger charge is -2.25. The average Bonchev–Trinajstić information content (AvgIpc) is 2.86. The van der Waals surface area contributed by atoms with Crippen molar-refractivity contribution < 1.29 is 14.4 Å². The molecule has 3 rings (SSSR count). The van der Waals surface area contributed by atoms with Crippen LogP contribution in [0.5, 0.6) is 0 Å². The molecule has 0 N–H and O–H groups in total. The highest BCUT2D eigenvalue weighted by Gasteiger charge is 2.50. The first-order chi connectivity index (χ1) is 11.6. The third-order valence-corrected chi connectivity index (χ3v) is 4.32. The molecule has 1 aliphatic rings. The van der Waals surface area contributed by atoms with Gasteiger partial charge in [0.25, 0.3) is 5.91 Å². The highest BCUT2D eigenvalue weighted by Crippen LogP contribution is 2.35. The first kappa shape index (κ1) is 16.1. The Balaban J connectivity index is 1.91. The molecule has 5 heteroatoms. The number of hydrogen-bond acceptors (Lipinski definition) is 4. The van der Waals surface area contributed by atoms with Crippen LogP contribution >= 0.6 is 0 Å². The van der Waals surface area contributed by atoms with Crippen LogP contribution in [0.25, 0.3) is 0 Å². The molecule has 0 radical (unpaired) electrons. The third kappa shape index (κ3) is 2.97. The van der Waals surface area contributed by atoms with Gasteiger partial charge in [0.1, 0.15) is 11.7 Å². The molecule has 1 aliphatic heterocycles. The van der Waals surface area contributed by atoms with Crippen molar-refractivity contribution in [2.45, 2.75) is 19.4 Å². The van der Waals surface area contributed by atoms with E-state index in [0.29, 0.717) is 18.7 Å². The summed E-state index contributed by atoms with van der Waals surface area (Å²) in [6.07, 6.45) is 2.23. The van der Waals surface area contributed by atoms with Gasteiger partial charge in [-0.2, -0.15) is 0 Å². The van der Waals surface area contributed by atoms with Crippen LogP contribution in [0.4, 0.5) is 0 Å². The second-order valence-corrected chi connectivity index (χ2v) is 5.89. The van der Waals surface area contributed by atoms with Gasteiger partial charge in [-0.3, -0.25) is 19.4 Å². The highest BCUT2D eigenvalue weighted by atomic mass is 16.2. The smallest absolute Gasteiger partial charge is 0.291 e. The molecular formula is C19H18N2O3. The second-order valence-electron chi connectivity index (χ2n) is 5.89. The van der Waals surface area contributed by atoms with Crippen molar-refractivity contribution in [1.29, 1.82) is 0 Å². The van der Waals surface area contributed by atoms with Gasteiger partial charge in [-0.05, 0) is 31.0 Å². The Kier molecular flexibility index (Phi) is 4.51. The number of benzene rings is 1. The quantitative estimate of drug-likeness (QED) is 0.623. The van der Waals surface area contributed by atoms with Crippen molar-refractivity contribution in [3.8, 4) is 0 Å². The number of carbonyl (C=O) groups is 3. The summed E-state index contributed by atoms with van der Waals surface area (Å²) in [6.45, 7) is 1.73. The van der Waals surface area contributed by atoms with E-state index >= 15 is 0 Å². The fraction of sp³-hybridized carbons (Fsp3) is 0.263. The molecule has 2 unspecified atom stereocenters. The van der Waals surface area contributed by atoms with E-state index in [4.69, 9.17) is 0 Å². The number of nitrogens with zero attached hydrogens (tertiary/aromatic N) is 2. The molecule has 0 spiro atoms. The summed E-state index contributed by atoms with van der Waals surface area (Å²) in [5.41, 5.74) is 1.65. The summed E-state index contributed by atoms with van der Waals surface area (Å²) in [7, 11) is 0. The lowest BCUT2D eigenvalue weighted by atomic mass is 9.92. The fourth-order valence-electron chi connectivity index (χ4n) is 3.15. The van der Waals surface area contributed by atoms with Crippen LogP contribution in [0.1, 0.15) is 24.2 Å². The van der Waals surface area contributed by atoms with E-state index in [9.17, 15) is 14.4 Å². The van der Waals surface area contributed by atoms with E-state index in [1.807, 2.05) is 30.3 Å². The Morgan fingerprint density at radius 3 is 2.42 bits per heavy atom. The Morgan fingerprint density at radius 1 is 1.08 bits per heavy atom. The summed E-state index contributed by atoms with van der Waals surface area (Å²) in [5.74, 6) is -2.50. The fourth-order valence-corrected chi connectivity index (χ4v) is 3.15. The molecule has 2 heterocycles. The summed E-state index contributed by atoms with van der Waals surface area (Å²) >= 11 is 0. The van der Waals surface area contributed by atoms with E-state index in [0.717, 1.165) is 5.56 Å². The second kappa shape index (κ2) is 6.74. The number of likely N-dealkylation sites (tertiary alicyclic amines) is 1. The molecule has 1 aromatic heterocycles. The van der Waals surface area contributed by atoms with Crippen LogP contribution in [0.15, 0.2) is 54.7 Å². The first-order valence-corrected chi connectivity index (χ1v) is 7.89. The van der Waals surface area contributed by atoms with Crippen LogP contribution in [0.3, 0.4) is 0 Å². The number of amides is 1. The van der Waals surface area contributed by atoms with E-state index in [2.05, 4.69) is 4.98 Å². The monoisotopic (exact) mass is 322 g/mol. The maximum atomic E-state index is 12.4. The molecule has 0 saturated carbocycles. The van der Waals surface area contributed by atoms with E-state index in [-0.39, 0.29) is 5.78 Å². The van der Waals surface area contributed by atoms with Crippen LogP contribution in [0.2, 0.25) is 0 Å². The highest BCUT2D eigenvalue weighted by molar-refractivity contribution is 6.42. The van der Waals surface area contributed by atoms with Crippen molar-refractivity contribution in [1.82, 2.24) is 9.88 Å². The maximum Gasteiger partial charge on any atom is 0.291 e. The number of carbonyl (C=O) groups excluding carboxylic acids is 3. The van der Waals surface area contributed by atoms with Crippen LogP contribution in [-0.2, 0) is 20.8 Å². The number of ketones is 2. The van der Waals surface area contributed by atoms with Crippen molar-refractivity contribution in [3.05, 3.63) is 66.0 Å². The predicted molar refractivity (Wildman–Crippen MR) is 88.0 cm³/mol. The van der Waals surface area contributed by atoms with Crippen molar-refractivity contribution in [2.75, 3.05) is 6.54 Å². The Morgan fingerprint density at radius 2 is 1.79 bits per heavy atom. The lowest BCUT2D eigenvalue weighted by molar-refractivity contribution is -0.142. The number of aromatic nitrogens is 1. The van der Waals surface area contributed by atoms with E-state index < -0.39 is 23.7 Å². The van der Waals surface area contributed by atoms with Crippen molar-refractivity contribution in [2.24, 2.45) is 5.92 Å². The first-order valence-electron chi connectivity index (χ1n) is 7.89. The number of rotatable bonds is 5. The molecule has 122 valence electrons. The molecule has 1 fully saturated rings. The normalized spacial score (nSPS) is 20.5. The molecule has 5 nitrogen and oxygen atoms in total. The van der Waals surface area contributed by atoms with Gasteiger partial charge in [-0.15, -0.1) is 0 Å². The minimum absolute atomic E-state index is 0.300. The molecule has 1 aromatic carbocycles. The maximum absolute atomic E-state index is 12.4.